The number of halogens is 2. The predicted octanol–water partition coefficient (Wildman–Crippen LogP) is 6.77. The Morgan fingerprint density at radius 2 is 1.89 bits per heavy atom. The Hall–Kier alpha value is -1.86. The number of carbonyl (C=O) groups excluding carboxylic acids is 1. The predicted molar refractivity (Wildman–Crippen MR) is 119 cm³/mol. The van der Waals surface area contributed by atoms with Gasteiger partial charge >= 0.3 is 0 Å². The number of thioether (sulfide) groups is 1. The molecule has 134 valence electrons. The maximum absolute atomic E-state index is 12.8. The first-order valence-corrected chi connectivity index (χ1v) is 10.3. The van der Waals surface area contributed by atoms with Crippen LogP contribution in [0.15, 0.2) is 74.5 Å². The lowest BCUT2D eigenvalue weighted by Gasteiger charge is -2.14. The summed E-state index contributed by atoms with van der Waals surface area (Å²) in [5.41, 5.74) is 1.65. The van der Waals surface area contributed by atoms with Gasteiger partial charge in [0, 0.05) is 21.1 Å². The fourth-order valence-electron chi connectivity index (χ4n) is 2.63. The molecule has 1 aromatic heterocycles. The van der Waals surface area contributed by atoms with Crippen LogP contribution in [0, 0.1) is 0 Å². The Morgan fingerprint density at radius 3 is 2.63 bits per heavy atom. The van der Waals surface area contributed by atoms with Crippen LogP contribution >= 0.6 is 51.5 Å². The van der Waals surface area contributed by atoms with Crippen LogP contribution in [0.1, 0.15) is 5.76 Å². The van der Waals surface area contributed by atoms with Gasteiger partial charge in [-0.05, 0) is 54.6 Å². The van der Waals surface area contributed by atoms with E-state index in [-0.39, 0.29) is 5.91 Å². The van der Waals surface area contributed by atoms with Crippen LogP contribution in [0.4, 0.5) is 5.69 Å². The SMILES string of the molecule is O=C1/C(=C\c2ccc(-c3ccc(Cl)cc3)o2)SC(=S)N1c1cccc(Br)c1. The summed E-state index contributed by atoms with van der Waals surface area (Å²) in [5.74, 6) is 1.14. The number of thiocarbonyl (C=S) groups is 1. The summed E-state index contributed by atoms with van der Waals surface area (Å²) in [6.45, 7) is 0. The maximum atomic E-state index is 12.8. The van der Waals surface area contributed by atoms with Gasteiger partial charge in [0.05, 0.1) is 10.6 Å². The van der Waals surface area contributed by atoms with Crippen molar-refractivity contribution in [3.05, 3.63) is 80.8 Å². The van der Waals surface area contributed by atoms with Gasteiger partial charge in [-0.15, -0.1) is 0 Å². The number of rotatable bonds is 3. The van der Waals surface area contributed by atoms with Crippen molar-refractivity contribution in [1.29, 1.82) is 0 Å². The van der Waals surface area contributed by atoms with Gasteiger partial charge in [0.25, 0.3) is 5.91 Å². The van der Waals surface area contributed by atoms with E-state index in [1.165, 1.54) is 16.7 Å². The summed E-state index contributed by atoms with van der Waals surface area (Å²) < 4.78 is 7.24. The van der Waals surface area contributed by atoms with E-state index in [2.05, 4.69) is 15.9 Å². The third-order valence-corrected chi connectivity index (χ3v) is 5.94. The number of benzene rings is 2. The second kappa shape index (κ2) is 7.64. The molecule has 2 heterocycles. The molecule has 0 atom stereocenters. The molecule has 1 aliphatic heterocycles. The Kier molecular flexibility index (Phi) is 5.23. The Bertz CT molecular complexity index is 1080. The Balaban J connectivity index is 1.61. The van der Waals surface area contributed by atoms with E-state index in [9.17, 15) is 4.79 Å². The first-order chi connectivity index (χ1) is 13.0. The monoisotopic (exact) mass is 475 g/mol. The van der Waals surface area contributed by atoms with Crippen molar-refractivity contribution in [2.45, 2.75) is 0 Å². The smallest absolute Gasteiger partial charge is 0.270 e. The highest BCUT2D eigenvalue weighted by Crippen LogP contribution is 2.37. The molecule has 4 rings (SSSR count). The molecular formula is C20H11BrClNO2S2. The molecule has 0 spiro atoms. The fourth-order valence-corrected chi connectivity index (χ4v) is 4.43. The van der Waals surface area contributed by atoms with Crippen LogP contribution in [0.3, 0.4) is 0 Å². The zero-order valence-electron chi connectivity index (χ0n) is 13.7. The number of hydrogen-bond donors (Lipinski definition) is 0. The zero-order chi connectivity index (χ0) is 19.0. The summed E-state index contributed by atoms with van der Waals surface area (Å²) in [6.07, 6.45) is 1.72. The average molecular weight is 477 g/mol. The minimum absolute atomic E-state index is 0.160. The van der Waals surface area contributed by atoms with E-state index in [1.807, 2.05) is 60.7 Å². The van der Waals surface area contributed by atoms with Gasteiger partial charge in [-0.3, -0.25) is 9.69 Å². The molecule has 0 radical (unpaired) electrons. The van der Waals surface area contributed by atoms with Crippen molar-refractivity contribution >= 4 is 73.5 Å². The second-order valence-electron chi connectivity index (χ2n) is 5.71. The van der Waals surface area contributed by atoms with E-state index < -0.39 is 0 Å². The molecule has 3 nitrogen and oxygen atoms in total. The van der Waals surface area contributed by atoms with E-state index in [1.54, 1.807) is 6.08 Å². The van der Waals surface area contributed by atoms with Crippen LogP contribution in [0.2, 0.25) is 5.02 Å². The molecule has 0 N–H and O–H groups in total. The number of furan rings is 1. The highest BCUT2D eigenvalue weighted by atomic mass is 79.9. The van der Waals surface area contributed by atoms with Crippen LogP contribution in [0.5, 0.6) is 0 Å². The molecule has 0 saturated carbocycles. The molecule has 27 heavy (non-hydrogen) atoms. The number of anilines is 1. The normalized spacial score (nSPS) is 15.8. The lowest BCUT2D eigenvalue weighted by molar-refractivity contribution is -0.113. The summed E-state index contributed by atoms with van der Waals surface area (Å²) >= 11 is 16.0. The van der Waals surface area contributed by atoms with Crippen LogP contribution in [0.25, 0.3) is 17.4 Å². The molecule has 7 heteroatoms. The molecule has 3 aromatic rings. The summed E-state index contributed by atoms with van der Waals surface area (Å²) in [5, 5.41) is 0.668. The van der Waals surface area contributed by atoms with E-state index in [4.69, 9.17) is 28.2 Å². The number of carbonyl (C=O) groups is 1. The Morgan fingerprint density at radius 1 is 1.11 bits per heavy atom. The van der Waals surface area contributed by atoms with Crippen molar-refractivity contribution in [1.82, 2.24) is 0 Å². The highest BCUT2D eigenvalue weighted by Gasteiger charge is 2.33. The minimum Gasteiger partial charge on any atom is -0.457 e. The van der Waals surface area contributed by atoms with Gasteiger partial charge in [0.1, 0.15) is 11.5 Å². The van der Waals surface area contributed by atoms with Crippen LogP contribution < -0.4 is 4.90 Å². The first-order valence-electron chi connectivity index (χ1n) is 7.90. The quantitative estimate of drug-likeness (QED) is 0.308. The van der Waals surface area contributed by atoms with Crippen molar-refractivity contribution in [3.63, 3.8) is 0 Å². The van der Waals surface area contributed by atoms with Crippen LogP contribution in [-0.2, 0) is 4.79 Å². The van der Waals surface area contributed by atoms with Gasteiger partial charge in [-0.1, -0.05) is 57.6 Å². The molecule has 0 aliphatic carbocycles. The largest absolute Gasteiger partial charge is 0.457 e. The summed E-state index contributed by atoms with van der Waals surface area (Å²) in [4.78, 5) is 14.9. The van der Waals surface area contributed by atoms with Crippen molar-refractivity contribution in [2.75, 3.05) is 4.90 Å². The molecule has 2 aromatic carbocycles. The van der Waals surface area contributed by atoms with Gasteiger partial charge in [-0.25, -0.2) is 0 Å². The topological polar surface area (TPSA) is 33.5 Å². The van der Waals surface area contributed by atoms with E-state index in [0.717, 1.165) is 15.7 Å². The Labute approximate surface area is 179 Å². The molecule has 0 bridgehead atoms. The molecule has 1 aliphatic rings. The van der Waals surface area contributed by atoms with Crippen molar-refractivity contribution < 1.29 is 9.21 Å². The molecule has 1 amide bonds. The third kappa shape index (κ3) is 3.89. The number of nitrogens with zero attached hydrogens (tertiary/aromatic N) is 1. The summed E-state index contributed by atoms with van der Waals surface area (Å²) in [7, 11) is 0. The zero-order valence-corrected chi connectivity index (χ0v) is 17.7. The average Bonchev–Trinajstić information content (AvgIpc) is 3.21. The number of amides is 1. The molecule has 1 saturated heterocycles. The third-order valence-electron chi connectivity index (χ3n) is 3.89. The standard InChI is InChI=1S/C20H11BrClNO2S2/c21-13-2-1-3-15(10-13)23-19(24)18(27-20(23)26)11-16-8-9-17(25-16)12-4-6-14(22)7-5-12/h1-11H/b18-11+. The number of hydrogen-bond acceptors (Lipinski definition) is 4. The molecule has 0 unspecified atom stereocenters. The lowest BCUT2D eigenvalue weighted by atomic mass is 10.2. The van der Waals surface area contributed by atoms with Crippen LogP contribution in [-0.4, -0.2) is 10.2 Å². The fraction of sp³-hybridized carbons (Fsp3) is 0. The van der Waals surface area contributed by atoms with Gasteiger partial charge in [0.15, 0.2) is 4.32 Å². The summed E-state index contributed by atoms with van der Waals surface area (Å²) in [6, 6.07) is 18.6. The van der Waals surface area contributed by atoms with Gasteiger partial charge in [0.2, 0.25) is 0 Å². The lowest BCUT2D eigenvalue weighted by Crippen LogP contribution is -2.27. The van der Waals surface area contributed by atoms with Crippen molar-refractivity contribution in [2.24, 2.45) is 0 Å². The first kappa shape index (κ1) is 18.5. The van der Waals surface area contributed by atoms with Gasteiger partial charge < -0.3 is 4.42 Å². The van der Waals surface area contributed by atoms with Gasteiger partial charge in [-0.2, -0.15) is 0 Å². The molecule has 1 fully saturated rings. The molecular weight excluding hydrogens is 466 g/mol. The van der Waals surface area contributed by atoms with E-state index in [0.29, 0.717) is 25.8 Å². The maximum Gasteiger partial charge on any atom is 0.270 e. The van der Waals surface area contributed by atoms with E-state index >= 15 is 0 Å². The van der Waals surface area contributed by atoms with Crippen molar-refractivity contribution in [3.8, 4) is 11.3 Å². The highest BCUT2D eigenvalue weighted by molar-refractivity contribution is 9.10. The minimum atomic E-state index is -0.160. The second-order valence-corrected chi connectivity index (χ2v) is 8.73.